The van der Waals surface area contributed by atoms with Crippen molar-refractivity contribution < 1.29 is 27.8 Å². The minimum atomic E-state index is -4.57. The first-order valence-corrected chi connectivity index (χ1v) is 6.67. The standard InChI is InChI=1S/C14H16F3NO3/c15-14(16,17)10-3-4-12(11(9-10)13(19)20)21-8-7-18-5-1-2-6-18/h3-4,9H,1-2,5-8H2,(H,19,20). The number of hydrogen-bond acceptors (Lipinski definition) is 3. The molecule has 0 unspecified atom stereocenters. The number of ether oxygens (including phenoxy) is 1. The van der Waals surface area contributed by atoms with Gasteiger partial charge in [-0.05, 0) is 44.1 Å². The summed E-state index contributed by atoms with van der Waals surface area (Å²) in [4.78, 5) is 13.2. The van der Waals surface area contributed by atoms with Gasteiger partial charge in [0.2, 0.25) is 0 Å². The van der Waals surface area contributed by atoms with Crippen LogP contribution in [0.15, 0.2) is 18.2 Å². The Morgan fingerprint density at radius 2 is 1.95 bits per heavy atom. The van der Waals surface area contributed by atoms with E-state index in [2.05, 4.69) is 4.90 Å². The van der Waals surface area contributed by atoms with Gasteiger partial charge in [-0.25, -0.2) is 4.79 Å². The van der Waals surface area contributed by atoms with Crippen molar-refractivity contribution in [2.24, 2.45) is 0 Å². The fourth-order valence-corrected chi connectivity index (χ4v) is 2.29. The lowest BCUT2D eigenvalue weighted by Gasteiger charge is -2.16. The normalized spacial score (nSPS) is 16.1. The van der Waals surface area contributed by atoms with Crippen molar-refractivity contribution in [2.75, 3.05) is 26.2 Å². The Morgan fingerprint density at radius 1 is 1.29 bits per heavy atom. The van der Waals surface area contributed by atoms with E-state index in [1.165, 1.54) is 0 Å². The van der Waals surface area contributed by atoms with Gasteiger partial charge in [-0.2, -0.15) is 13.2 Å². The lowest BCUT2D eigenvalue weighted by Crippen LogP contribution is -2.25. The highest BCUT2D eigenvalue weighted by Gasteiger charge is 2.32. The largest absolute Gasteiger partial charge is 0.491 e. The van der Waals surface area contributed by atoms with Gasteiger partial charge in [0, 0.05) is 6.54 Å². The van der Waals surface area contributed by atoms with Crippen LogP contribution in [0.1, 0.15) is 28.8 Å². The van der Waals surface area contributed by atoms with Gasteiger partial charge in [0.25, 0.3) is 0 Å². The summed E-state index contributed by atoms with van der Waals surface area (Å²) in [5.74, 6) is -1.47. The maximum atomic E-state index is 12.6. The van der Waals surface area contributed by atoms with Crippen molar-refractivity contribution >= 4 is 5.97 Å². The first-order valence-electron chi connectivity index (χ1n) is 6.67. The molecule has 4 nitrogen and oxygen atoms in total. The molecule has 0 atom stereocenters. The molecule has 0 aromatic heterocycles. The van der Waals surface area contributed by atoms with E-state index in [1.54, 1.807) is 0 Å². The van der Waals surface area contributed by atoms with Gasteiger partial charge in [0.15, 0.2) is 0 Å². The second-order valence-electron chi connectivity index (χ2n) is 4.91. The van der Waals surface area contributed by atoms with Crippen molar-refractivity contribution in [3.63, 3.8) is 0 Å². The molecular weight excluding hydrogens is 287 g/mol. The molecule has 1 heterocycles. The highest BCUT2D eigenvalue weighted by molar-refractivity contribution is 5.91. The lowest BCUT2D eigenvalue weighted by atomic mass is 10.1. The second kappa shape index (κ2) is 6.34. The van der Waals surface area contributed by atoms with Crippen LogP contribution in [0.5, 0.6) is 5.75 Å². The molecule has 0 radical (unpaired) electrons. The predicted octanol–water partition coefficient (Wildman–Crippen LogP) is 2.88. The molecule has 7 heteroatoms. The number of carbonyl (C=O) groups is 1. The number of halogens is 3. The first-order chi connectivity index (χ1) is 9.88. The molecule has 1 fully saturated rings. The summed E-state index contributed by atoms with van der Waals surface area (Å²) in [6, 6.07) is 2.50. The van der Waals surface area contributed by atoms with Crippen molar-refractivity contribution in [1.82, 2.24) is 4.90 Å². The molecule has 0 bridgehead atoms. The van der Waals surface area contributed by atoms with Crippen LogP contribution in [0.3, 0.4) is 0 Å². The second-order valence-corrected chi connectivity index (χ2v) is 4.91. The molecule has 2 rings (SSSR count). The molecule has 21 heavy (non-hydrogen) atoms. The SMILES string of the molecule is O=C(O)c1cc(C(F)(F)F)ccc1OCCN1CCCC1. The van der Waals surface area contributed by atoms with Crippen molar-refractivity contribution in [3.05, 3.63) is 29.3 Å². The average molecular weight is 303 g/mol. The Kier molecular flexibility index (Phi) is 4.72. The fourth-order valence-electron chi connectivity index (χ4n) is 2.29. The number of nitrogens with zero attached hydrogens (tertiary/aromatic N) is 1. The third-order valence-corrected chi connectivity index (χ3v) is 3.40. The van der Waals surface area contributed by atoms with Gasteiger partial charge in [0.05, 0.1) is 5.56 Å². The number of benzene rings is 1. The fraction of sp³-hybridized carbons (Fsp3) is 0.500. The van der Waals surface area contributed by atoms with Crippen LogP contribution in [0.25, 0.3) is 0 Å². The van der Waals surface area contributed by atoms with Crippen LogP contribution >= 0.6 is 0 Å². The average Bonchev–Trinajstić information content (AvgIpc) is 2.90. The maximum absolute atomic E-state index is 12.6. The van der Waals surface area contributed by atoms with Crippen molar-refractivity contribution in [2.45, 2.75) is 19.0 Å². The zero-order valence-electron chi connectivity index (χ0n) is 11.3. The number of likely N-dealkylation sites (tertiary alicyclic amines) is 1. The molecule has 0 amide bonds. The highest BCUT2D eigenvalue weighted by Crippen LogP contribution is 2.32. The lowest BCUT2D eigenvalue weighted by molar-refractivity contribution is -0.137. The number of carboxylic acid groups (broad SMARTS) is 1. The Morgan fingerprint density at radius 3 is 2.52 bits per heavy atom. The Bertz CT molecular complexity index is 511. The molecular formula is C14H16F3NO3. The highest BCUT2D eigenvalue weighted by atomic mass is 19.4. The summed E-state index contributed by atoms with van der Waals surface area (Å²) in [6.07, 6.45) is -2.32. The molecule has 0 aliphatic carbocycles. The topological polar surface area (TPSA) is 49.8 Å². The number of alkyl halides is 3. The smallest absolute Gasteiger partial charge is 0.416 e. The van der Waals surface area contributed by atoms with Crippen LogP contribution in [0.4, 0.5) is 13.2 Å². The quantitative estimate of drug-likeness (QED) is 0.908. The van der Waals surface area contributed by atoms with E-state index < -0.39 is 23.3 Å². The van der Waals surface area contributed by atoms with Crippen LogP contribution in [-0.2, 0) is 6.18 Å². The summed E-state index contributed by atoms with van der Waals surface area (Å²) >= 11 is 0. The monoisotopic (exact) mass is 303 g/mol. The Hall–Kier alpha value is -1.76. The maximum Gasteiger partial charge on any atom is 0.416 e. The van der Waals surface area contributed by atoms with E-state index in [0.29, 0.717) is 12.6 Å². The van der Waals surface area contributed by atoms with Crippen LogP contribution < -0.4 is 4.74 Å². The molecule has 0 spiro atoms. The third-order valence-electron chi connectivity index (χ3n) is 3.40. The first kappa shape index (κ1) is 15.6. The predicted molar refractivity (Wildman–Crippen MR) is 69.6 cm³/mol. The van der Waals surface area contributed by atoms with E-state index in [-0.39, 0.29) is 12.4 Å². The van der Waals surface area contributed by atoms with Crippen LogP contribution in [-0.4, -0.2) is 42.2 Å². The zero-order valence-corrected chi connectivity index (χ0v) is 11.3. The van der Waals surface area contributed by atoms with E-state index >= 15 is 0 Å². The van der Waals surface area contributed by atoms with Gasteiger partial charge in [0.1, 0.15) is 17.9 Å². The molecule has 1 saturated heterocycles. The summed E-state index contributed by atoms with van der Waals surface area (Å²) in [5.41, 5.74) is -1.46. The molecule has 116 valence electrons. The zero-order chi connectivity index (χ0) is 15.5. The van der Waals surface area contributed by atoms with Crippen molar-refractivity contribution in [3.8, 4) is 5.75 Å². The minimum Gasteiger partial charge on any atom is -0.491 e. The number of rotatable bonds is 5. The molecule has 1 aliphatic rings. The van der Waals surface area contributed by atoms with Crippen LogP contribution in [0, 0.1) is 0 Å². The third kappa shape index (κ3) is 4.10. The van der Waals surface area contributed by atoms with Crippen LogP contribution in [0.2, 0.25) is 0 Å². The Balaban J connectivity index is 2.05. The minimum absolute atomic E-state index is 0.0327. The number of aromatic carboxylic acids is 1. The van der Waals surface area contributed by atoms with Gasteiger partial charge in [-0.3, -0.25) is 4.90 Å². The molecule has 1 aromatic rings. The summed E-state index contributed by atoms with van der Waals surface area (Å²) < 4.78 is 43.1. The van der Waals surface area contributed by atoms with Gasteiger partial charge in [-0.1, -0.05) is 0 Å². The van der Waals surface area contributed by atoms with Gasteiger partial charge >= 0.3 is 12.1 Å². The van der Waals surface area contributed by atoms with Crippen molar-refractivity contribution in [1.29, 1.82) is 0 Å². The molecule has 0 saturated carbocycles. The van der Waals surface area contributed by atoms with E-state index in [0.717, 1.165) is 38.1 Å². The summed E-state index contributed by atoms with van der Waals surface area (Å²) in [6.45, 7) is 2.84. The molecule has 1 aromatic carbocycles. The Labute approximate surface area is 120 Å². The summed E-state index contributed by atoms with van der Waals surface area (Å²) in [5, 5.41) is 9.01. The molecule has 1 aliphatic heterocycles. The van der Waals surface area contributed by atoms with E-state index in [4.69, 9.17) is 9.84 Å². The van der Waals surface area contributed by atoms with Gasteiger partial charge in [-0.15, -0.1) is 0 Å². The number of carboxylic acids is 1. The summed E-state index contributed by atoms with van der Waals surface area (Å²) in [7, 11) is 0. The molecule has 1 N–H and O–H groups in total. The van der Waals surface area contributed by atoms with E-state index in [9.17, 15) is 18.0 Å². The van der Waals surface area contributed by atoms with Gasteiger partial charge < -0.3 is 9.84 Å². The van der Waals surface area contributed by atoms with E-state index in [1.807, 2.05) is 0 Å². The number of hydrogen-bond donors (Lipinski definition) is 1.